The lowest BCUT2D eigenvalue weighted by Crippen LogP contribution is -2.71. The number of ether oxygens (including phenoxy) is 17. The van der Waals surface area contributed by atoms with E-state index < -0.39 is 383 Å². The minimum atomic E-state index is -3.30. The Bertz CT molecular complexity index is 3340. The number of hydrogen-bond donors (Lipinski definition) is 31. The molecule has 46 atom stereocenters. The van der Waals surface area contributed by atoms with Gasteiger partial charge in [0.15, 0.2) is 50.3 Å². The highest BCUT2D eigenvalue weighted by atomic mass is 16.8. The molecule has 9 aliphatic rings. The van der Waals surface area contributed by atoms with Crippen LogP contribution in [-0.4, -0.2) is 509 Å². The average molecular weight is 1770 g/mol. The normalized spacial score (nSPS) is 46.6. The summed E-state index contributed by atoms with van der Waals surface area (Å²) in [6.45, 7) is -5.30. The second-order valence-corrected chi connectivity index (χ2v) is 30.3. The molecule has 0 radical (unpaired) electrons. The summed E-state index contributed by atoms with van der Waals surface area (Å²) < 4.78 is 99.3. The number of aliphatic carboxylic acids is 1. The summed E-state index contributed by atoms with van der Waals surface area (Å²) in [6, 6.07) is -9.34. The Hall–Kier alpha value is -4.86. The van der Waals surface area contributed by atoms with Crippen LogP contribution in [0.5, 0.6) is 0 Å². The number of aliphatic hydroxyl groups excluding tert-OH is 25. The number of aliphatic hydroxyl groups is 25. The van der Waals surface area contributed by atoms with Crippen molar-refractivity contribution in [3.63, 3.8) is 0 Å². The van der Waals surface area contributed by atoms with Crippen LogP contribution in [0.25, 0.3) is 0 Å². The fraction of sp³-hybridized carbons (Fsp3) is 0.910. The van der Waals surface area contributed by atoms with E-state index in [9.17, 15) is 162 Å². The maximum Gasteiger partial charge on any atom is 0.364 e. The lowest BCUT2D eigenvalue weighted by molar-refractivity contribution is -0.388. The lowest BCUT2D eigenvalue weighted by Gasteiger charge is -2.51. The molecular formula is C67H111N5O49. The molecule has 0 unspecified atom stereocenters. The van der Waals surface area contributed by atoms with E-state index in [1.165, 1.54) is 0 Å². The van der Waals surface area contributed by atoms with Gasteiger partial charge in [0.25, 0.3) is 5.79 Å². The topological polar surface area (TPSA) is 845 Å². The Balaban J connectivity index is 0.914. The van der Waals surface area contributed by atoms with E-state index in [0.29, 0.717) is 0 Å². The molecule has 5 amide bonds. The number of amides is 5. The number of carbonyl (C=O) groups is 6. The Kier molecular flexibility index (Phi) is 35.7. The van der Waals surface area contributed by atoms with Crippen molar-refractivity contribution < 1.29 is 242 Å². The van der Waals surface area contributed by atoms with Gasteiger partial charge in [-0.15, -0.1) is 0 Å². The summed E-state index contributed by atoms with van der Waals surface area (Å²) in [5.41, 5.74) is 0. The molecule has 9 rings (SSSR count). The molecule has 54 nitrogen and oxygen atoms in total. The number of carboxylic acid groups (broad SMARTS) is 1. The van der Waals surface area contributed by atoms with Crippen LogP contribution >= 0.6 is 0 Å². The minimum Gasteiger partial charge on any atom is -0.477 e. The van der Waals surface area contributed by atoms with Gasteiger partial charge in [-0.05, 0) is 0 Å². The fourth-order valence-electron chi connectivity index (χ4n) is 15.6. The first-order valence-electron chi connectivity index (χ1n) is 38.3. The summed E-state index contributed by atoms with van der Waals surface area (Å²) in [7, 11) is 0. The van der Waals surface area contributed by atoms with Crippen molar-refractivity contribution in [3.05, 3.63) is 0 Å². The third-order valence-electron chi connectivity index (χ3n) is 21.7. The molecule has 0 bridgehead atoms. The largest absolute Gasteiger partial charge is 0.477 e. The van der Waals surface area contributed by atoms with E-state index in [1.807, 2.05) is 0 Å². The average Bonchev–Trinajstić information content (AvgIpc) is 0.745. The van der Waals surface area contributed by atoms with E-state index in [0.717, 1.165) is 34.6 Å². The molecule has 31 N–H and O–H groups in total. The summed E-state index contributed by atoms with van der Waals surface area (Å²) >= 11 is 0. The summed E-state index contributed by atoms with van der Waals surface area (Å²) in [5.74, 6) is -10.1. The molecule has 54 heteroatoms. The molecule has 0 spiro atoms. The summed E-state index contributed by atoms with van der Waals surface area (Å²) in [5, 5.41) is 300. The van der Waals surface area contributed by atoms with Gasteiger partial charge in [0, 0.05) is 41.0 Å². The van der Waals surface area contributed by atoms with Gasteiger partial charge < -0.3 is 240 Å². The van der Waals surface area contributed by atoms with Crippen molar-refractivity contribution in [2.45, 2.75) is 323 Å². The third-order valence-corrected chi connectivity index (χ3v) is 21.7. The first kappa shape index (κ1) is 99.9. The summed E-state index contributed by atoms with van der Waals surface area (Å²) in [4.78, 5) is 77.0. The van der Waals surface area contributed by atoms with Crippen LogP contribution in [0.3, 0.4) is 0 Å². The van der Waals surface area contributed by atoms with Crippen LogP contribution < -0.4 is 26.6 Å². The fourth-order valence-corrected chi connectivity index (χ4v) is 15.6. The Morgan fingerprint density at radius 1 is 0.339 bits per heavy atom. The molecule has 0 aromatic rings. The predicted molar refractivity (Wildman–Crippen MR) is 372 cm³/mol. The first-order valence-corrected chi connectivity index (χ1v) is 38.3. The minimum absolute atomic E-state index is 0.873. The van der Waals surface area contributed by atoms with E-state index >= 15 is 0 Å². The second-order valence-electron chi connectivity index (χ2n) is 30.3. The number of hydrogen-bond acceptors (Lipinski definition) is 48. The van der Waals surface area contributed by atoms with Crippen molar-refractivity contribution in [1.29, 1.82) is 0 Å². The molecule has 0 aromatic heterocycles. The van der Waals surface area contributed by atoms with Crippen LogP contribution in [0.15, 0.2) is 0 Å². The molecule has 0 saturated carbocycles. The molecule has 9 aliphatic heterocycles. The molecule has 0 aliphatic carbocycles. The molecule has 9 fully saturated rings. The number of carbonyl (C=O) groups excluding carboxylic acids is 5. The predicted octanol–water partition coefficient (Wildman–Crippen LogP) is -20.7. The molecule has 698 valence electrons. The van der Waals surface area contributed by atoms with E-state index in [-0.39, 0.29) is 0 Å². The zero-order valence-corrected chi connectivity index (χ0v) is 65.1. The van der Waals surface area contributed by atoms with Crippen molar-refractivity contribution in [3.8, 4) is 0 Å². The van der Waals surface area contributed by atoms with Crippen molar-refractivity contribution >= 4 is 35.5 Å². The molecule has 121 heavy (non-hydrogen) atoms. The Morgan fingerprint density at radius 3 is 1.09 bits per heavy atom. The van der Waals surface area contributed by atoms with Crippen molar-refractivity contribution in [2.24, 2.45) is 0 Å². The van der Waals surface area contributed by atoms with Crippen LogP contribution in [0.2, 0.25) is 0 Å². The molecule has 0 aromatic carbocycles. The smallest absolute Gasteiger partial charge is 0.364 e. The highest BCUT2D eigenvalue weighted by Gasteiger charge is 2.64. The second kappa shape index (κ2) is 43.3. The number of rotatable bonds is 33. The monoisotopic (exact) mass is 1770 g/mol. The standard InChI is InChI=1S/C67H111N5O49/c1-16(81)68-31-21(86)6-67(66(103)104,120-54(31)36(88)22(87)7-73)121-57-41(93)27(12-78)111-65(49(57)101)117-53-35(72-20(5)85)61(107-24(9-75)38(53)90)119-56-40(92)26(11-77)110-64(48(56)100)116-52-34(71-19(4)84)58(102)106-30(42(52)94)15-105-59-32(69-17(2)82)43(95)50(28(13-79)112-59)115-63-47(99)55(39(91)25(10-76)109-63)118-60-33(70-18(3)83)44(96)51(29(14-80)113-60)114-62-46(98)45(97)37(89)23(8-74)108-62/h21-65,73-80,86-102H,6-15H2,1-5H3,(H,68,81)(H,69,82)(H,70,83)(H,71,84)(H,72,85)(H,103,104)/t21-,22+,23+,24+,25+,26+,27+,28+,29+,30+,31+,32+,33+,34+,35+,36+,37-,38+,39-,40-,41-,42-,43+,44+,45-,46+,47+,48+,49+,50+,51+,52+,53+,54+,55-,56-,57-,58+,59+,60-,61-,62-,63-,64-,65-,67-/m0/s1. The highest BCUT2D eigenvalue weighted by molar-refractivity contribution is 5.77. The number of carboxylic acids is 1. The molecule has 9 saturated heterocycles. The quantitative estimate of drug-likeness (QED) is 0.0290. The van der Waals surface area contributed by atoms with Gasteiger partial charge in [0.05, 0.1) is 71.6 Å². The summed E-state index contributed by atoms with van der Waals surface area (Å²) in [6.07, 6.45) is -85.3. The van der Waals surface area contributed by atoms with Gasteiger partial charge >= 0.3 is 5.97 Å². The van der Waals surface area contributed by atoms with E-state index in [1.54, 1.807) is 0 Å². The zero-order valence-electron chi connectivity index (χ0n) is 65.1. The Labute approximate surface area is 684 Å². The van der Waals surface area contributed by atoms with Gasteiger partial charge in [-0.3, -0.25) is 24.0 Å². The van der Waals surface area contributed by atoms with Gasteiger partial charge in [0.1, 0.15) is 213 Å². The van der Waals surface area contributed by atoms with Gasteiger partial charge in [-0.1, -0.05) is 0 Å². The van der Waals surface area contributed by atoms with Gasteiger partial charge in [-0.2, -0.15) is 0 Å². The van der Waals surface area contributed by atoms with Crippen LogP contribution in [-0.2, 0) is 109 Å². The van der Waals surface area contributed by atoms with E-state index in [4.69, 9.17) is 80.5 Å². The van der Waals surface area contributed by atoms with Crippen molar-refractivity contribution in [2.75, 3.05) is 59.5 Å². The Morgan fingerprint density at radius 2 is 0.661 bits per heavy atom. The lowest BCUT2D eigenvalue weighted by atomic mass is 9.88. The van der Waals surface area contributed by atoms with Crippen LogP contribution in [0.1, 0.15) is 41.0 Å². The maximum absolute atomic E-state index is 13.2. The molecule has 9 heterocycles. The van der Waals surface area contributed by atoms with Crippen molar-refractivity contribution in [1.82, 2.24) is 26.6 Å². The number of nitrogens with one attached hydrogen (secondary N) is 5. The third kappa shape index (κ3) is 22.3. The van der Waals surface area contributed by atoms with E-state index in [2.05, 4.69) is 26.6 Å². The maximum atomic E-state index is 13.2. The van der Waals surface area contributed by atoms with Crippen LogP contribution in [0.4, 0.5) is 0 Å². The highest BCUT2D eigenvalue weighted by Crippen LogP contribution is 2.42. The van der Waals surface area contributed by atoms with Gasteiger partial charge in [-0.25, -0.2) is 4.79 Å². The SMILES string of the molecule is CC(=O)N[C@@H]1[C@@H](O[C@@H]2O[C@H](CO)[C@H](O)[C@H](O[C@@H]3O[C@H](CO)[C@@H](O)[C@H](O[C@@H]4O[C@H](CO)[C@H](O)[C@H](O[C@]5(C(=O)O)C[C@H](O)[C@@H](NC(C)=O)[C@H]([C@H](O)[C@H](O)CO)O5)[C@H]4O)[C@H]3NC(C)=O)[C@H]2O)[C@@H](O)[C@@H](CO[C@@H]2O[C@H](CO)[C@@H](O[C@@H]3O[C@H](CO)[C@H](O)[C@H](O[C@@H]4O[C@H](CO)[C@@H](O[C@@H]5O[C@H](CO)[C@H](O)[C@H](O)[C@H]5O)[C@H](O)[C@H]4NC(C)=O)[C@H]3O)[C@H](O)[C@H]2NC(C)=O)O[C@H]1O. The molecular weight excluding hydrogens is 1660 g/mol. The first-order chi connectivity index (χ1) is 57.1. The van der Waals surface area contributed by atoms with Gasteiger partial charge in [0.2, 0.25) is 29.5 Å². The van der Waals surface area contributed by atoms with Crippen LogP contribution in [0, 0.1) is 0 Å². The zero-order chi connectivity index (χ0) is 89.6.